The molecule has 0 saturated heterocycles. The Bertz CT molecular complexity index is 711. The molecule has 1 unspecified atom stereocenters. The molecule has 0 spiro atoms. The van der Waals surface area contributed by atoms with Gasteiger partial charge in [0.2, 0.25) is 0 Å². The van der Waals surface area contributed by atoms with Crippen molar-refractivity contribution in [2.24, 2.45) is 5.92 Å². The Morgan fingerprint density at radius 2 is 2.14 bits per heavy atom. The van der Waals surface area contributed by atoms with Gasteiger partial charge in [-0.15, -0.1) is 11.3 Å². The van der Waals surface area contributed by atoms with Crippen LogP contribution >= 0.6 is 11.3 Å². The van der Waals surface area contributed by atoms with Gasteiger partial charge in [-0.3, -0.25) is 5.10 Å². The smallest absolute Gasteiger partial charge is 0.0670 e. The van der Waals surface area contributed by atoms with Crippen LogP contribution in [0.3, 0.4) is 0 Å². The molecule has 1 atom stereocenters. The maximum atomic E-state index is 4.10. The molecule has 3 nitrogen and oxygen atoms in total. The molecule has 2 aromatic heterocycles. The third-order valence-corrected chi connectivity index (χ3v) is 5.44. The number of anilines is 1. The van der Waals surface area contributed by atoms with Crippen LogP contribution < -0.4 is 5.32 Å². The van der Waals surface area contributed by atoms with Gasteiger partial charge in [-0.25, -0.2) is 0 Å². The lowest BCUT2D eigenvalue weighted by Crippen LogP contribution is -2.17. The average molecular weight is 297 g/mol. The molecule has 1 aliphatic rings. The zero-order valence-electron chi connectivity index (χ0n) is 11.9. The Labute approximate surface area is 128 Å². The zero-order chi connectivity index (χ0) is 14.1. The third kappa shape index (κ3) is 2.56. The minimum atomic E-state index is 0.438. The van der Waals surface area contributed by atoms with Gasteiger partial charge in [0.15, 0.2) is 0 Å². The predicted molar refractivity (Wildman–Crippen MR) is 88.7 cm³/mol. The number of H-pyrrole nitrogens is 1. The second kappa shape index (κ2) is 5.53. The standard InChI is InChI=1S/C17H19N3S/c1-2-5-12(4-1)17(16-6-3-9-21-16)19-14-8-7-13-11-18-20-15(13)10-14/h3,6-12,17,19H,1-2,4-5H2,(H,18,20). The first kappa shape index (κ1) is 12.9. The molecular formula is C17H19N3S. The molecular weight excluding hydrogens is 278 g/mol. The van der Waals surface area contributed by atoms with E-state index in [9.17, 15) is 0 Å². The first-order chi connectivity index (χ1) is 10.4. The van der Waals surface area contributed by atoms with Crippen LogP contribution in [-0.2, 0) is 0 Å². The number of nitrogens with one attached hydrogen (secondary N) is 2. The molecule has 2 heterocycles. The molecule has 108 valence electrons. The fourth-order valence-corrected chi connectivity index (χ4v) is 4.26. The van der Waals surface area contributed by atoms with Crippen LogP contribution in [0.15, 0.2) is 41.9 Å². The molecule has 4 rings (SSSR count). The van der Waals surface area contributed by atoms with Crippen molar-refractivity contribution in [3.05, 3.63) is 46.8 Å². The van der Waals surface area contributed by atoms with E-state index in [0.717, 1.165) is 16.8 Å². The average Bonchev–Trinajstić information content (AvgIpc) is 3.24. The Hall–Kier alpha value is -1.81. The summed E-state index contributed by atoms with van der Waals surface area (Å²) in [5, 5.41) is 14.3. The number of aromatic nitrogens is 2. The van der Waals surface area contributed by atoms with Gasteiger partial charge in [0, 0.05) is 16.0 Å². The monoisotopic (exact) mass is 297 g/mol. The van der Waals surface area contributed by atoms with Crippen molar-refractivity contribution >= 4 is 27.9 Å². The second-order valence-corrected chi connectivity index (χ2v) is 6.83. The highest BCUT2D eigenvalue weighted by Gasteiger charge is 2.27. The van der Waals surface area contributed by atoms with Crippen molar-refractivity contribution in [2.45, 2.75) is 31.7 Å². The van der Waals surface area contributed by atoms with Crippen LogP contribution in [0.2, 0.25) is 0 Å². The number of rotatable bonds is 4. The molecule has 21 heavy (non-hydrogen) atoms. The molecule has 4 heteroatoms. The highest BCUT2D eigenvalue weighted by molar-refractivity contribution is 7.10. The Balaban J connectivity index is 1.63. The summed E-state index contributed by atoms with van der Waals surface area (Å²) in [7, 11) is 0. The van der Waals surface area contributed by atoms with E-state index in [2.05, 4.69) is 51.2 Å². The van der Waals surface area contributed by atoms with Gasteiger partial charge in [-0.1, -0.05) is 18.9 Å². The van der Waals surface area contributed by atoms with Crippen LogP contribution in [0.5, 0.6) is 0 Å². The second-order valence-electron chi connectivity index (χ2n) is 5.85. The van der Waals surface area contributed by atoms with Crippen molar-refractivity contribution < 1.29 is 0 Å². The van der Waals surface area contributed by atoms with Crippen LogP contribution in [0.4, 0.5) is 5.69 Å². The van der Waals surface area contributed by atoms with E-state index in [-0.39, 0.29) is 0 Å². The summed E-state index contributed by atoms with van der Waals surface area (Å²) in [5.41, 5.74) is 2.27. The Kier molecular flexibility index (Phi) is 3.39. The van der Waals surface area contributed by atoms with Crippen LogP contribution in [0.1, 0.15) is 36.6 Å². The van der Waals surface area contributed by atoms with Crippen molar-refractivity contribution in [3.8, 4) is 0 Å². The van der Waals surface area contributed by atoms with E-state index < -0.39 is 0 Å². The lowest BCUT2D eigenvalue weighted by atomic mass is 9.96. The lowest BCUT2D eigenvalue weighted by Gasteiger charge is -2.25. The van der Waals surface area contributed by atoms with E-state index in [1.54, 1.807) is 0 Å². The molecule has 0 aliphatic heterocycles. The quantitative estimate of drug-likeness (QED) is 0.714. The SMILES string of the molecule is c1csc(C(Nc2ccc3cn[nH]c3c2)C2CCCC2)c1. The van der Waals surface area contributed by atoms with Gasteiger partial charge >= 0.3 is 0 Å². The van der Waals surface area contributed by atoms with Gasteiger partial charge in [-0.2, -0.15) is 5.10 Å². The third-order valence-electron chi connectivity index (χ3n) is 4.49. The largest absolute Gasteiger partial charge is 0.377 e. The summed E-state index contributed by atoms with van der Waals surface area (Å²) in [6.07, 6.45) is 7.28. The summed E-state index contributed by atoms with van der Waals surface area (Å²) >= 11 is 1.86. The number of benzene rings is 1. The number of nitrogens with zero attached hydrogens (tertiary/aromatic N) is 1. The predicted octanol–water partition coefficient (Wildman–Crippen LogP) is 4.97. The molecule has 2 N–H and O–H groups in total. The van der Waals surface area contributed by atoms with Gasteiger partial charge < -0.3 is 5.32 Å². The van der Waals surface area contributed by atoms with E-state index in [0.29, 0.717) is 6.04 Å². The number of fused-ring (bicyclic) bond motifs is 1. The van der Waals surface area contributed by atoms with Crippen LogP contribution in [-0.4, -0.2) is 10.2 Å². The van der Waals surface area contributed by atoms with Gasteiger partial charge in [0.05, 0.1) is 17.8 Å². The molecule has 0 bridgehead atoms. The van der Waals surface area contributed by atoms with Crippen molar-refractivity contribution in [3.63, 3.8) is 0 Å². The molecule has 1 fully saturated rings. The van der Waals surface area contributed by atoms with Crippen molar-refractivity contribution in [1.29, 1.82) is 0 Å². The minimum absolute atomic E-state index is 0.438. The van der Waals surface area contributed by atoms with Gasteiger partial charge in [0.25, 0.3) is 0 Å². The van der Waals surface area contributed by atoms with E-state index >= 15 is 0 Å². The normalized spacial score (nSPS) is 17.3. The topological polar surface area (TPSA) is 40.7 Å². The van der Waals surface area contributed by atoms with E-state index in [1.807, 2.05) is 17.5 Å². The van der Waals surface area contributed by atoms with Crippen molar-refractivity contribution in [2.75, 3.05) is 5.32 Å². The fraction of sp³-hybridized carbons (Fsp3) is 0.353. The zero-order valence-corrected chi connectivity index (χ0v) is 12.7. The maximum Gasteiger partial charge on any atom is 0.0670 e. The number of aromatic amines is 1. The minimum Gasteiger partial charge on any atom is -0.377 e. The van der Waals surface area contributed by atoms with E-state index in [1.165, 1.54) is 36.2 Å². The summed E-state index contributed by atoms with van der Waals surface area (Å²) in [4.78, 5) is 1.45. The number of hydrogen-bond donors (Lipinski definition) is 2. The number of thiophene rings is 1. The highest BCUT2D eigenvalue weighted by atomic mass is 32.1. The molecule has 1 saturated carbocycles. The maximum absolute atomic E-state index is 4.10. The van der Waals surface area contributed by atoms with Crippen LogP contribution in [0, 0.1) is 5.92 Å². The summed E-state index contributed by atoms with van der Waals surface area (Å²) in [5.74, 6) is 0.751. The summed E-state index contributed by atoms with van der Waals surface area (Å²) < 4.78 is 0. The first-order valence-corrected chi connectivity index (χ1v) is 8.51. The molecule has 0 radical (unpaired) electrons. The summed E-state index contributed by atoms with van der Waals surface area (Å²) in [6, 6.07) is 11.3. The molecule has 0 amide bonds. The fourth-order valence-electron chi connectivity index (χ4n) is 3.39. The highest BCUT2D eigenvalue weighted by Crippen LogP contribution is 2.39. The van der Waals surface area contributed by atoms with E-state index in [4.69, 9.17) is 0 Å². The van der Waals surface area contributed by atoms with Crippen molar-refractivity contribution in [1.82, 2.24) is 10.2 Å². The van der Waals surface area contributed by atoms with Gasteiger partial charge in [0.1, 0.15) is 0 Å². The van der Waals surface area contributed by atoms with Crippen LogP contribution in [0.25, 0.3) is 10.9 Å². The molecule has 1 aliphatic carbocycles. The Morgan fingerprint density at radius 1 is 1.24 bits per heavy atom. The van der Waals surface area contributed by atoms with Gasteiger partial charge in [-0.05, 0) is 48.4 Å². The first-order valence-electron chi connectivity index (χ1n) is 7.63. The molecule has 3 aromatic rings. The molecule has 1 aromatic carbocycles. The number of hydrogen-bond acceptors (Lipinski definition) is 3. The Morgan fingerprint density at radius 3 is 2.95 bits per heavy atom. The lowest BCUT2D eigenvalue weighted by molar-refractivity contribution is 0.475. The summed E-state index contributed by atoms with van der Waals surface area (Å²) in [6.45, 7) is 0.